The summed E-state index contributed by atoms with van der Waals surface area (Å²) in [6.07, 6.45) is 6.07. The second-order valence-electron chi connectivity index (χ2n) is 6.09. The predicted octanol–water partition coefficient (Wildman–Crippen LogP) is 1.28. The predicted molar refractivity (Wildman–Crippen MR) is 73.2 cm³/mol. The van der Waals surface area contributed by atoms with Gasteiger partial charge in [0.25, 0.3) is 0 Å². The molecular weight excluding hydrogens is 266 g/mol. The summed E-state index contributed by atoms with van der Waals surface area (Å²) >= 11 is 0. The van der Waals surface area contributed by atoms with Crippen LogP contribution < -0.4 is 5.14 Å². The summed E-state index contributed by atoms with van der Waals surface area (Å²) in [4.78, 5) is 0. The minimum absolute atomic E-state index is 0.0633. The number of rotatable bonds is 6. The van der Waals surface area contributed by atoms with Crippen molar-refractivity contribution in [3.05, 3.63) is 0 Å². The third-order valence-electron chi connectivity index (χ3n) is 4.27. The van der Waals surface area contributed by atoms with Gasteiger partial charge in [-0.15, -0.1) is 0 Å². The molecule has 2 fully saturated rings. The molecule has 0 unspecified atom stereocenters. The summed E-state index contributed by atoms with van der Waals surface area (Å²) in [6.45, 7) is 2.88. The van der Waals surface area contributed by atoms with E-state index in [4.69, 9.17) is 14.6 Å². The smallest absolute Gasteiger partial charge is 0.209 e. The maximum Gasteiger partial charge on any atom is 0.209 e. The second kappa shape index (κ2) is 6.52. The van der Waals surface area contributed by atoms with Gasteiger partial charge in [0.2, 0.25) is 10.0 Å². The molecule has 1 aliphatic heterocycles. The molecule has 0 aromatic carbocycles. The highest BCUT2D eigenvalue weighted by molar-refractivity contribution is 7.89. The zero-order chi connectivity index (χ0) is 13.8. The minimum Gasteiger partial charge on any atom is -0.381 e. The fourth-order valence-electron chi connectivity index (χ4n) is 3.24. The number of ether oxygens (including phenoxy) is 2. The van der Waals surface area contributed by atoms with Gasteiger partial charge in [0.1, 0.15) is 0 Å². The lowest BCUT2D eigenvalue weighted by atomic mass is 9.90. The molecule has 0 spiro atoms. The van der Waals surface area contributed by atoms with Gasteiger partial charge in [-0.05, 0) is 31.6 Å². The molecule has 0 aromatic heterocycles. The van der Waals surface area contributed by atoms with Crippen LogP contribution in [0.5, 0.6) is 0 Å². The normalized spacial score (nSPS) is 24.7. The van der Waals surface area contributed by atoms with Gasteiger partial charge in [0, 0.05) is 25.2 Å². The number of hydrogen-bond acceptors (Lipinski definition) is 4. The Morgan fingerprint density at radius 2 is 1.84 bits per heavy atom. The standard InChI is InChI=1S/C13H25NO4S/c14-19(15,16)11-13(5-1-2-6-13)10-18-9-12-3-7-17-8-4-12/h12H,1-11H2,(H2,14,15,16). The van der Waals surface area contributed by atoms with Crippen LogP contribution in [-0.2, 0) is 19.5 Å². The van der Waals surface area contributed by atoms with E-state index in [1.54, 1.807) is 0 Å². The third-order valence-corrected chi connectivity index (χ3v) is 5.29. The summed E-state index contributed by atoms with van der Waals surface area (Å²) in [5, 5.41) is 5.22. The Morgan fingerprint density at radius 1 is 1.21 bits per heavy atom. The Balaban J connectivity index is 1.80. The zero-order valence-corrected chi connectivity index (χ0v) is 12.3. The first-order valence-corrected chi connectivity index (χ1v) is 8.87. The average molecular weight is 291 g/mol. The van der Waals surface area contributed by atoms with Gasteiger partial charge in [0.15, 0.2) is 0 Å². The summed E-state index contributed by atoms with van der Waals surface area (Å²) < 4.78 is 33.9. The average Bonchev–Trinajstić information content (AvgIpc) is 2.77. The van der Waals surface area contributed by atoms with E-state index in [1.807, 2.05) is 0 Å². The van der Waals surface area contributed by atoms with Crippen LogP contribution in [0, 0.1) is 11.3 Å². The van der Waals surface area contributed by atoms with Gasteiger partial charge in [0.05, 0.1) is 12.4 Å². The van der Waals surface area contributed by atoms with Crippen LogP contribution >= 0.6 is 0 Å². The van der Waals surface area contributed by atoms with E-state index in [-0.39, 0.29) is 11.2 Å². The molecular formula is C13H25NO4S. The fourth-order valence-corrected chi connectivity index (χ4v) is 4.46. The number of nitrogens with two attached hydrogens (primary N) is 1. The summed E-state index contributed by atoms with van der Waals surface area (Å²) in [6, 6.07) is 0. The van der Waals surface area contributed by atoms with Gasteiger partial charge in [-0.1, -0.05) is 12.8 Å². The van der Waals surface area contributed by atoms with Gasteiger partial charge in [-0.3, -0.25) is 0 Å². The molecule has 0 aromatic rings. The highest BCUT2D eigenvalue weighted by Crippen LogP contribution is 2.39. The Hall–Kier alpha value is -0.170. The van der Waals surface area contributed by atoms with Crippen molar-refractivity contribution in [1.29, 1.82) is 0 Å². The van der Waals surface area contributed by atoms with Crippen molar-refractivity contribution in [3.8, 4) is 0 Å². The molecule has 19 heavy (non-hydrogen) atoms. The van der Waals surface area contributed by atoms with Gasteiger partial charge in [-0.2, -0.15) is 0 Å². The van der Waals surface area contributed by atoms with E-state index in [1.165, 1.54) is 0 Å². The molecule has 0 radical (unpaired) electrons. The quantitative estimate of drug-likeness (QED) is 0.799. The van der Waals surface area contributed by atoms with Crippen LogP contribution in [0.1, 0.15) is 38.5 Å². The molecule has 1 saturated heterocycles. The van der Waals surface area contributed by atoms with Crippen LogP contribution in [0.25, 0.3) is 0 Å². The van der Waals surface area contributed by atoms with Crippen LogP contribution in [0.2, 0.25) is 0 Å². The van der Waals surface area contributed by atoms with E-state index in [0.717, 1.165) is 58.3 Å². The molecule has 0 amide bonds. The minimum atomic E-state index is -3.42. The molecule has 1 heterocycles. The molecule has 0 bridgehead atoms. The Bertz CT molecular complexity index is 370. The molecule has 5 nitrogen and oxygen atoms in total. The maximum absolute atomic E-state index is 11.4. The van der Waals surface area contributed by atoms with Crippen LogP contribution in [-0.4, -0.2) is 40.6 Å². The SMILES string of the molecule is NS(=O)(=O)CC1(COCC2CCOCC2)CCCC1. The molecule has 2 rings (SSSR count). The lowest BCUT2D eigenvalue weighted by Gasteiger charge is -2.29. The van der Waals surface area contributed by atoms with Crippen molar-refractivity contribution >= 4 is 10.0 Å². The van der Waals surface area contributed by atoms with Crippen LogP contribution in [0.3, 0.4) is 0 Å². The first-order valence-electron chi connectivity index (χ1n) is 7.15. The van der Waals surface area contributed by atoms with E-state index in [9.17, 15) is 8.42 Å². The Morgan fingerprint density at radius 3 is 2.42 bits per heavy atom. The summed E-state index contributed by atoms with van der Waals surface area (Å²) in [7, 11) is -3.42. The third kappa shape index (κ3) is 5.02. The fraction of sp³-hybridized carbons (Fsp3) is 1.00. The van der Waals surface area contributed by atoms with Gasteiger partial charge >= 0.3 is 0 Å². The highest BCUT2D eigenvalue weighted by Gasteiger charge is 2.37. The van der Waals surface area contributed by atoms with Crippen molar-refractivity contribution in [3.63, 3.8) is 0 Å². The summed E-state index contributed by atoms with van der Waals surface area (Å²) in [5.41, 5.74) is -0.237. The number of sulfonamides is 1. The molecule has 6 heteroatoms. The van der Waals surface area contributed by atoms with Gasteiger partial charge < -0.3 is 9.47 Å². The maximum atomic E-state index is 11.4. The molecule has 1 aliphatic carbocycles. The van der Waals surface area contributed by atoms with Crippen molar-refractivity contribution < 1.29 is 17.9 Å². The van der Waals surface area contributed by atoms with Gasteiger partial charge in [-0.25, -0.2) is 13.6 Å². The number of primary sulfonamides is 1. The zero-order valence-electron chi connectivity index (χ0n) is 11.5. The monoisotopic (exact) mass is 291 g/mol. The van der Waals surface area contributed by atoms with E-state index in [2.05, 4.69) is 0 Å². The highest BCUT2D eigenvalue weighted by atomic mass is 32.2. The molecule has 112 valence electrons. The molecule has 2 N–H and O–H groups in total. The summed E-state index contributed by atoms with van der Waals surface area (Å²) in [5.74, 6) is 0.620. The van der Waals surface area contributed by atoms with Crippen molar-refractivity contribution in [2.45, 2.75) is 38.5 Å². The number of hydrogen-bond donors (Lipinski definition) is 1. The Kier molecular flexibility index (Phi) is 5.22. The second-order valence-corrected chi connectivity index (χ2v) is 7.70. The lowest BCUT2D eigenvalue weighted by Crippen LogP contribution is -2.36. The van der Waals surface area contributed by atoms with Crippen molar-refractivity contribution in [2.24, 2.45) is 16.5 Å². The van der Waals surface area contributed by atoms with E-state index >= 15 is 0 Å². The first-order chi connectivity index (χ1) is 8.99. The largest absolute Gasteiger partial charge is 0.381 e. The van der Waals surface area contributed by atoms with Crippen molar-refractivity contribution in [2.75, 3.05) is 32.2 Å². The van der Waals surface area contributed by atoms with E-state index < -0.39 is 10.0 Å². The van der Waals surface area contributed by atoms with Crippen LogP contribution in [0.15, 0.2) is 0 Å². The topological polar surface area (TPSA) is 78.6 Å². The molecule has 1 saturated carbocycles. The first kappa shape index (κ1) is 15.2. The lowest BCUT2D eigenvalue weighted by molar-refractivity contribution is -0.00338. The van der Waals surface area contributed by atoms with Crippen molar-refractivity contribution in [1.82, 2.24) is 0 Å². The Labute approximate surface area is 115 Å². The molecule has 0 atom stereocenters. The van der Waals surface area contributed by atoms with E-state index in [0.29, 0.717) is 12.5 Å². The molecule has 2 aliphatic rings. The van der Waals surface area contributed by atoms with Crippen LogP contribution in [0.4, 0.5) is 0 Å².